The summed E-state index contributed by atoms with van der Waals surface area (Å²) in [6, 6.07) is 6.74. The fourth-order valence-corrected chi connectivity index (χ4v) is 2.03. The molecule has 0 radical (unpaired) electrons. The number of carbonyl (C=O) groups is 3. The van der Waals surface area contributed by atoms with Crippen LogP contribution in [0.15, 0.2) is 24.3 Å². The Bertz CT molecular complexity index is 598. The number of nitrogens with one attached hydrogen (secondary N) is 2. The van der Waals surface area contributed by atoms with Gasteiger partial charge >= 0.3 is 5.97 Å². The number of hydrogen-bond donors (Lipinski definition) is 2. The van der Waals surface area contributed by atoms with Crippen molar-refractivity contribution in [2.24, 2.45) is 0 Å². The number of esters is 1. The summed E-state index contributed by atoms with van der Waals surface area (Å²) in [5.41, 5.74) is 1.17. The molecule has 0 saturated heterocycles. The molecule has 0 aromatic heterocycles. The lowest BCUT2D eigenvalue weighted by molar-refractivity contribution is -0.150. The maximum atomic E-state index is 11.7. The molecule has 0 heterocycles. The summed E-state index contributed by atoms with van der Waals surface area (Å²) in [7, 11) is 0. The third kappa shape index (κ3) is 8.00. The van der Waals surface area contributed by atoms with Crippen molar-refractivity contribution < 1.29 is 23.9 Å². The van der Waals surface area contributed by atoms with E-state index in [0.29, 0.717) is 18.2 Å². The van der Waals surface area contributed by atoms with Crippen molar-refractivity contribution in [1.82, 2.24) is 10.6 Å². The molecule has 7 nitrogen and oxygen atoms in total. The second-order valence-electron chi connectivity index (χ2n) is 6.25. The van der Waals surface area contributed by atoms with Crippen molar-refractivity contribution >= 4 is 17.8 Å². The molecule has 0 unspecified atom stereocenters. The topological polar surface area (TPSA) is 93.7 Å². The lowest BCUT2D eigenvalue weighted by atomic mass is 10.0. The minimum atomic E-state index is -0.691. The van der Waals surface area contributed by atoms with Gasteiger partial charge in [0.05, 0.1) is 0 Å². The van der Waals surface area contributed by atoms with Gasteiger partial charge in [0.1, 0.15) is 11.8 Å². The molecule has 144 valence electrons. The Morgan fingerprint density at radius 2 is 1.69 bits per heavy atom. The smallest absolute Gasteiger partial charge is 0.344 e. The fraction of sp³-hybridized carbons (Fsp3) is 0.526. The van der Waals surface area contributed by atoms with Crippen molar-refractivity contribution in [2.75, 3.05) is 19.8 Å². The standard InChI is InChI=1S/C19H28N2O5/c1-5-10-20-19(24)14(4)21-17(22)11-26-18(23)12-25-16-8-6-15(7-9-16)13(2)3/h6-9,13-14H,5,10-12H2,1-4H3,(H,20,24)(H,21,22)/t14-/m1/s1. The van der Waals surface area contributed by atoms with Crippen LogP contribution in [0.25, 0.3) is 0 Å². The maximum Gasteiger partial charge on any atom is 0.344 e. The van der Waals surface area contributed by atoms with Crippen molar-refractivity contribution in [1.29, 1.82) is 0 Å². The minimum absolute atomic E-state index is 0.278. The zero-order valence-corrected chi connectivity index (χ0v) is 15.8. The van der Waals surface area contributed by atoms with Gasteiger partial charge in [-0.05, 0) is 37.0 Å². The van der Waals surface area contributed by atoms with Gasteiger partial charge in [-0.15, -0.1) is 0 Å². The highest BCUT2D eigenvalue weighted by Crippen LogP contribution is 2.18. The largest absolute Gasteiger partial charge is 0.482 e. The highest BCUT2D eigenvalue weighted by atomic mass is 16.6. The van der Waals surface area contributed by atoms with Crippen LogP contribution in [0.4, 0.5) is 0 Å². The SMILES string of the molecule is CCCNC(=O)[C@@H](C)NC(=O)COC(=O)COc1ccc(C(C)C)cc1. The molecule has 1 atom stereocenters. The summed E-state index contributed by atoms with van der Waals surface area (Å²) in [6.07, 6.45) is 0.810. The molecule has 1 rings (SSSR count). The van der Waals surface area contributed by atoms with Gasteiger partial charge in [-0.2, -0.15) is 0 Å². The first-order valence-electron chi connectivity index (χ1n) is 8.79. The third-order valence-corrected chi connectivity index (χ3v) is 3.59. The van der Waals surface area contributed by atoms with Crippen molar-refractivity contribution in [3.63, 3.8) is 0 Å². The van der Waals surface area contributed by atoms with E-state index in [4.69, 9.17) is 9.47 Å². The second kappa shape index (κ2) is 11.1. The molecule has 0 saturated carbocycles. The summed E-state index contributed by atoms with van der Waals surface area (Å²) in [4.78, 5) is 35.0. The first kappa shape index (κ1) is 21.5. The maximum absolute atomic E-state index is 11.7. The predicted molar refractivity (Wildman–Crippen MR) is 97.9 cm³/mol. The third-order valence-electron chi connectivity index (χ3n) is 3.59. The molecule has 0 spiro atoms. The van der Waals surface area contributed by atoms with Gasteiger partial charge in [0.15, 0.2) is 13.2 Å². The van der Waals surface area contributed by atoms with E-state index in [1.54, 1.807) is 19.1 Å². The first-order chi connectivity index (χ1) is 12.3. The Morgan fingerprint density at radius 1 is 1.04 bits per heavy atom. The highest BCUT2D eigenvalue weighted by Gasteiger charge is 2.16. The van der Waals surface area contributed by atoms with E-state index in [1.165, 1.54) is 5.56 Å². The molecule has 0 fully saturated rings. The van der Waals surface area contributed by atoms with E-state index in [2.05, 4.69) is 24.5 Å². The van der Waals surface area contributed by atoms with Gasteiger partial charge in [0.25, 0.3) is 5.91 Å². The van der Waals surface area contributed by atoms with Crippen LogP contribution in [0.5, 0.6) is 5.75 Å². The Balaban J connectivity index is 2.28. The van der Waals surface area contributed by atoms with Gasteiger partial charge in [-0.1, -0.05) is 32.9 Å². The predicted octanol–water partition coefficient (Wildman–Crippen LogP) is 1.76. The summed E-state index contributed by atoms with van der Waals surface area (Å²) in [5.74, 6) is -0.509. The van der Waals surface area contributed by atoms with E-state index in [-0.39, 0.29) is 12.5 Å². The molecule has 2 amide bonds. The molecular formula is C19H28N2O5. The molecule has 0 aliphatic rings. The quantitative estimate of drug-likeness (QED) is 0.617. The van der Waals surface area contributed by atoms with Crippen LogP contribution in [-0.2, 0) is 19.1 Å². The molecule has 1 aromatic rings. The number of amides is 2. The number of hydrogen-bond acceptors (Lipinski definition) is 5. The normalized spacial score (nSPS) is 11.6. The minimum Gasteiger partial charge on any atom is -0.482 e. The van der Waals surface area contributed by atoms with Crippen LogP contribution in [0.2, 0.25) is 0 Å². The van der Waals surface area contributed by atoms with Gasteiger partial charge < -0.3 is 20.1 Å². The van der Waals surface area contributed by atoms with Crippen LogP contribution in [0, 0.1) is 0 Å². The van der Waals surface area contributed by atoms with E-state index in [9.17, 15) is 14.4 Å². The van der Waals surface area contributed by atoms with Gasteiger partial charge in [0, 0.05) is 6.54 Å². The summed E-state index contributed by atoms with van der Waals surface area (Å²) in [5, 5.41) is 5.14. The van der Waals surface area contributed by atoms with Crippen LogP contribution >= 0.6 is 0 Å². The van der Waals surface area contributed by atoms with Gasteiger partial charge in [0.2, 0.25) is 5.91 Å². The van der Waals surface area contributed by atoms with Crippen LogP contribution in [0.1, 0.15) is 45.6 Å². The van der Waals surface area contributed by atoms with Crippen molar-refractivity contribution in [3.05, 3.63) is 29.8 Å². The second-order valence-corrected chi connectivity index (χ2v) is 6.25. The number of benzene rings is 1. The zero-order valence-electron chi connectivity index (χ0n) is 15.8. The van der Waals surface area contributed by atoms with Crippen molar-refractivity contribution in [3.8, 4) is 5.75 Å². The number of ether oxygens (including phenoxy) is 2. The Morgan fingerprint density at radius 3 is 2.27 bits per heavy atom. The number of rotatable bonds is 10. The fourth-order valence-electron chi connectivity index (χ4n) is 2.03. The van der Waals surface area contributed by atoms with E-state index >= 15 is 0 Å². The molecule has 26 heavy (non-hydrogen) atoms. The van der Waals surface area contributed by atoms with Crippen molar-refractivity contribution in [2.45, 2.75) is 46.1 Å². The summed E-state index contributed by atoms with van der Waals surface area (Å²) >= 11 is 0. The number of carbonyl (C=O) groups excluding carboxylic acids is 3. The van der Waals surface area contributed by atoms with Crippen LogP contribution < -0.4 is 15.4 Å². The van der Waals surface area contributed by atoms with Gasteiger partial charge in [-0.3, -0.25) is 9.59 Å². The summed E-state index contributed by atoms with van der Waals surface area (Å²) < 4.78 is 10.2. The van der Waals surface area contributed by atoms with Crippen LogP contribution in [0.3, 0.4) is 0 Å². The monoisotopic (exact) mass is 364 g/mol. The van der Waals surface area contributed by atoms with E-state index in [0.717, 1.165) is 6.42 Å². The highest BCUT2D eigenvalue weighted by molar-refractivity contribution is 5.88. The van der Waals surface area contributed by atoms with Crippen LogP contribution in [-0.4, -0.2) is 43.6 Å². The molecular weight excluding hydrogens is 336 g/mol. The van der Waals surface area contributed by atoms with E-state index < -0.39 is 24.5 Å². The Hall–Kier alpha value is -2.57. The Kier molecular flexibility index (Phi) is 9.19. The molecule has 0 bridgehead atoms. The molecule has 7 heteroatoms. The average molecular weight is 364 g/mol. The van der Waals surface area contributed by atoms with Gasteiger partial charge in [-0.25, -0.2) is 4.79 Å². The summed E-state index contributed by atoms with van der Waals surface area (Å²) in [6.45, 7) is 7.47. The lowest BCUT2D eigenvalue weighted by Crippen LogP contribution is -2.46. The lowest BCUT2D eigenvalue weighted by Gasteiger charge is -2.14. The Labute approximate surface area is 154 Å². The molecule has 0 aliphatic heterocycles. The zero-order chi connectivity index (χ0) is 19.5. The molecule has 1 aromatic carbocycles. The van der Waals surface area contributed by atoms with E-state index in [1.807, 2.05) is 19.1 Å². The first-order valence-corrected chi connectivity index (χ1v) is 8.79. The molecule has 2 N–H and O–H groups in total. The molecule has 0 aliphatic carbocycles. The average Bonchev–Trinajstić information content (AvgIpc) is 2.62.